The van der Waals surface area contributed by atoms with Gasteiger partial charge in [0.2, 0.25) is 5.91 Å². The van der Waals surface area contributed by atoms with E-state index in [0.717, 1.165) is 22.3 Å². The summed E-state index contributed by atoms with van der Waals surface area (Å²) in [7, 11) is 3.45. The SMILES string of the molecule is CN(C)CC(NC(=O)OCC1c2ccccc2-c2ccccc21)C(=O)N[C@@H](CCO)C(=O)O. The van der Waals surface area contributed by atoms with Crippen LogP contribution in [0.4, 0.5) is 4.79 Å². The van der Waals surface area contributed by atoms with E-state index in [2.05, 4.69) is 10.6 Å². The van der Waals surface area contributed by atoms with E-state index in [9.17, 15) is 19.5 Å². The zero-order chi connectivity index (χ0) is 24.0. The standard InChI is InChI=1S/C24H29N3O6/c1-27(2)13-21(22(29)25-20(11-12-28)23(30)31)26-24(32)33-14-19-17-9-5-3-7-15(17)16-8-4-6-10-18(16)19/h3-10,19-21,28H,11-14H2,1-2H3,(H,25,29)(H,26,32)(H,30,31)/t20-,21?/m0/s1. The average Bonchev–Trinajstić information content (AvgIpc) is 3.10. The predicted octanol–water partition coefficient (Wildman–Crippen LogP) is 1.41. The fourth-order valence-electron chi connectivity index (χ4n) is 4.00. The van der Waals surface area contributed by atoms with Crippen molar-refractivity contribution in [2.75, 3.05) is 33.9 Å². The van der Waals surface area contributed by atoms with Crippen LogP contribution in [-0.2, 0) is 14.3 Å². The van der Waals surface area contributed by atoms with Gasteiger partial charge in [0.05, 0.1) is 0 Å². The van der Waals surface area contributed by atoms with Gasteiger partial charge in [-0.2, -0.15) is 0 Å². The minimum Gasteiger partial charge on any atom is -0.480 e. The van der Waals surface area contributed by atoms with Gasteiger partial charge >= 0.3 is 12.1 Å². The zero-order valence-electron chi connectivity index (χ0n) is 18.7. The Hall–Kier alpha value is -3.43. The number of aliphatic hydroxyl groups is 1. The highest BCUT2D eigenvalue weighted by Crippen LogP contribution is 2.44. The first-order chi connectivity index (χ1) is 15.8. The second kappa shape index (κ2) is 10.9. The molecular formula is C24H29N3O6. The van der Waals surface area contributed by atoms with Crippen molar-refractivity contribution < 1.29 is 29.3 Å². The molecule has 0 aliphatic heterocycles. The Bertz CT molecular complexity index is 964. The number of fused-ring (bicyclic) bond motifs is 3. The van der Waals surface area contributed by atoms with Crippen LogP contribution >= 0.6 is 0 Å². The van der Waals surface area contributed by atoms with Crippen LogP contribution in [-0.4, -0.2) is 79.0 Å². The number of aliphatic carboxylic acids is 1. The number of rotatable bonds is 10. The van der Waals surface area contributed by atoms with Crippen LogP contribution in [0.2, 0.25) is 0 Å². The van der Waals surface area contributed by atoms with Crippen LogP contribution in [0.3, 0.4) is 0 Å². The van der Waals surface area contributed by atoms with Gasteiger partial charge in [0.15, 0.2) is 0 Å². The zero-order valence-corrected chi connectivity index (χ0v) is 18.7. The monoisotopic (exact) mass is 455 g/mol. The third kappa shape index (κ3) is 5.88. The number of carboxylic acids is 1. The minimum absolute atomic E-state index is 0.0957. The molecule has 9 heteroatoms. The highest BCUT2D eigenvalue weighted by Gasteiger charge is 2.30. The molecule has 0 fully saturated rings. The Morgan fingerprint density at radius 1 is 0.970 bits per heavy atom. The number of carbonyl (C=O) groups excluding carboxylic acids is 2. The number of hydrogen-bond acceptors (Lipinski definition) is 6. The number of carboxylic acid groups (broad SMARTS) is 1. The first kappa shape index (κ1) is 24.2. The second-order valence-corrected chi connectivity index (χ2v) is 8.20. The van der Waals surface area contributed by atoms with Crippen molar-refractivity contribution in [2.24, 2.45) is 0 Å². The quantitative estimate of drug-likeness (QED) is 0.426. The van der Waals surface area contributed by atoms with E-state index in [-0.39, 0.29) is 25.5 Å². The van der Waals surface area contributed by atoms with Crippen molar-refractivity contribution in [3.05, 3.63) is 59.7 Å². The number of benzene rings is 2. The number of aliphatic hydroxyl groups excluding tert-OH is 1. The maximum atomic E-state index is 12.6. The number of alkyl carbamates (subject to hydrolysis) is 1. The van der Waals surface area contributed by atoms with E-state index in [1.54, 1.807) is 19.0 Å². The molecule has 0 radical (unpaired) electrons. The third-order valence-corrected chi connectivity index (χ3v) is 5.53. The molecule has 2 amide bonds. The number of ether oxygens (including phenoxy) is 1. The van der Waals surface area contributed by atoms with Gasteiger partial charge in [0.25, 0.3) is 0 Å². The summed E-state index contributed by atoms with van der Waals surface area (Å²) in [5.74, 6) is -2.05. The number of nitrogens with zero attached hydrogens (tertiary/aromatic N) is 1. The van der Waals surface area contributed by atoms with E-state index < -0.39 is 36.7 Å². The van der Waals surface area contributed by atoms with Crippen molar-refractivity contribution in [1.82, 2.24) is 15.5 Å². The van der Waals surface area contributed by atoms with Gasteiger partial charge in [-0.15, -0.1) is 0 Å². The summed E-state index contributed by atoms with van der Waals surface area (Å²) in [4.78, 5) is 38.2. The fraction of sp³-hybridized carbons (Fsp3) is 0.375. The molecule has 2 atom stereocenters. The molecule has 33 heavy (non-hydrogen) atoms. The summed E-state index contributed by atoms with van der Waals surface area (Å²) in [6, 6.07) is 13.6. The van der Waals surface area contributed by atoms with E-state index in [1.165, 1.54) is 0 Å². The second-order valence-electron chi connectivity index (χ2n) is 8.20. The number of amides is 2. The molecule has 0 saturated carbocycles. The first-order valence-corrected chi connectivity index (χ1v) is 10.7. The van der Waals surface area contributed by atoms with Gasteiger partial charge in [0.1, 0.15) is 18.7 Å². The summed E-state index contributed by atoms with van der Waals surface area (Å²) >= 11 is 0. The van der Waals surface area contributed by atoms with Gasteiger partial charge in [-0.3, -0.25) is 4.79 Å². The normalized spacial score (nSPS) is 14.2. The molecule has 9 nitrogen and oxygen atoms in total. The summed E-state index contributed by atoms with van der Waals surface area (Å²) < 4.78 is 5.50. The lowest BCUT2D eigenvalue weighted by Gasteiger charge is -2.24. The van der Waals surface area contributed by atoms with Crippen molar-refractivity contribution >= 4 is 18.0 Å². The number of hydrogen-bond donors (Lipinski definition) is 4. The smallest absolute Gasteiger partial charge is 0.407 e. The molecule has 1 unspecified atom stereocenters. The average molecular weight is 456 g/mol. The van der Waals surface area contributed by atoms with E-state index >= 15 is 0 Å². The Morgan fingerprint density at radius 2 is 1.55 bits per heavy atom. The Morgan fingerprint density at radius 3 is 2.06 bits per heavy atom. The molecule has 0 spiro atoms. The van der Waals surface area contributed by atoms with E-state index in [4.69, 9.17) is 9.84 Å². The van der Waals surface area contributed by atoms with Gasteiger partial charge in [-0.05, 0) is 36.3 Å². The van der Waals surface area contributed by atoms with E-state index in [1.807, 2.05) is 48.5 Å². The van der Waals surface area contributed by atoms with Crippen LogP contribution in [0.25, 0.3) is 11.1 Å². The van der Waals surface area contributed by atoms with Gasteiger partial charge < -0.3 is 30.5 Å². The topological polar surface area (TPSA) is 128 Å². The Kier molecular flexibility index (Phi) is 8.02. The van der Waals surface area contributed by atoms with Gasteiger partial charge in [-0.25, -0.2) is 9.59 Å². The Balaban J connectivity index is 1.66. The molecule has 2 aromatic carbocycles. The molecular weight excluding hydrogens is 426 g/mol. The Labute approximate surface area is 192 Å². The lowest BCUT2D eigenvalue weighted by Crippen LogP contribution is -2.55. The first-order valence-electron chi connectivity index (χ1n) is 10.7. The summed E-state index contributed by atoms with van der Waals surface area (Å²) in [5.41, 5.74) is 4.36. The van der Waals surface area contributed by atoms with E-state index in [0.29, 0.717) is 0 Å². The highest BCUT2D eigenvalue weighted by atomic mass is 16.5. The highest BCUT2D eigenvalue weighted by molar-refractivity contribution is 5.89. The van der Waals surface area contributed by atoms with Crippen molar-refractivity contribution in [2.45, 2.75) is 24.4 Å². The van der Waals surface area contributed by atoms with Gasteiger partial charge in [0, 0.05) is 25.5 Å². The number of likely N-dealkylation sites (N-methyl/N-ethyl adjacent to an activating group) is 1. The molecule has 0 bridgehead atoms. The molecule has 1 aliphatic carbocycles. The van der Waals surface area contributed by atoms with Crippen LogP contribution in [0.15, 0.2) is 48.5 Å². The largest absolute Gasteiger partial charge is 0.480 e. The van der Waals surface area contributed by atoms with Crippen LogP contribution in [0, 0.1) is 0 Å². The summed E-state index contributed by atoms with van der Waals surface area (Å²) in [5, 5.41) is 23.1. The van der Waals surface area contributed by atoms with Crippen molar-refractivity contribution in [1.29, 1.82) is 0 Å². The summed E-state index contributed by atoms with van der Waals surface area (Å²) in [6.45, 7) is -0.157. The molecule has 0 heterocycles. The number of carbonyl (C=O) groups is 3. The van der Waals surface area contributed by atoms with Crippen LogP contribution in [0.5, 0.6) is 0 Å². The molecule has 3 rings (SSSR count). The molecule has 0 aromatic heterocycles. The third-order valence-electron chi connectivity index (χ3n) is 5.53. The molecule has 2 aromatic rings. The fourth-order valence-corrected chi connectivity index (χ4v) is 4.00. The predicted molar refractivity (Wildman–Crippen MR) is 122 cm³/mol. The molecule has 4 N–H and O–H groups in total. The van der Waals surface area contributed by atoms with Crippen molar-refractivity contribution in [3.63, 3.8) is 0 Å². The maximum absolute atomic E-state index is 12.6. The molecule has 0 saturated heterocycles. The molecule has 1 aliphatic rings. The number of nitrogens with one attached hydrogen (secondary N) is 2. The maximum Gasteiger partial charge on any atom is 0.407 e. The van der Waals surface area contributed by atoms with Crippen LogP contribution in [0.1, 0.15) is 23.5 Å². The lowest BCUT2D eigenvalue weighted by atomic mass is 9.98. The van der Waals surface area contributed by atoms with Gasteiger partial charge in [-0.1, -0.05) is 48.5 Å². The lowest BCUT2D eigenvalue weighted by molar-refractivity contribution is -0.142. The minimum atomic E-state index is -1.26. The van der Waals surface area contributed by atoms with Crippen molar-refractivity contribution in [3.8, 4) is 11.1 Å². The molecule has 176 valence electrons. The summed E-state index contributed by atoms with van der Waals surface area (Å²) in [6.07, 6.45) is -0.909. The van der Waals surface area contributed by atoms with Crippen LogP contribution < -0.4 is 10.6 Å².